The van der Waals surface area contributed by atoms with Crippen LogP contribution in [0, 0.1) is 5.82 Å². The Morgan fingerprint density at radius 2 is 2.11 bits per heavy atom. The molecule has 1 aliphatic heterocycles. The number of hydrogen-bond donors (Lipinski definition) is 3. The predicted octanol–water partition coefficient (Wildman–Crippen LogP) is 2.42. The Morgan fingerprint density at radius 3 is 2.93 bits per heavy atom. The molecule has 3 N–H and O–H groups in total. The molecule has 0 saturated carbocycles. The average molecular weight is 368 g/mol. The predicted molar refractivity (Wildman–Crippen MR) is 96.1 cm³/mol. The summed E-state index contributed by atoms with van der Waals surface area (Å²) < 4.78 is 18.8. The SMILES string of the molecule is O=C(O)[C@H](Cc1c[nH]c2ccccc12)NC(=O)[C@@H]1Cc2cc(F)ccc2O1. The van der Waals surface area contributed by atoms with Crippen molar-refractivity contribution in [3.8, 4) is 5.75 Å². The van der Waals surface area contributed by atoms with Crippen LogP contribution < -0.4 is 10.1 Å². The number of fused-ring (bicyclic) bond motifs is 2. The second-order valence-electron chi connectivity index (χ2n) is 6.53. The maximum atomic E-state index is 13.3. The molecule has 0 aliphatic carbocycles. The van der Waals surface area contributed by atoms with E-state index in [1.807, 2.05) is 24.3 Å². The normalized spacial score (nSPS) is 16.6. The third-order valence-corrected chi connectivity index (χ3v) is 4.70. The number of nitrogens with one attached hydrogen (secondary N) is 2. The van der Waals surface area contributed by atoms with E-state index in [1.165, 1.54) is 18.2 Å². The van der Waals surface area contributed by atoms with Crippen LogP contribution in [0.4, 0.5) is 4.39 Å². The van der Waals surface area contributed by atoms with E-state index < -0.39 is 29.8 Å². The fourth-order valence-corrected chi connectivity index (χ4v) is 3.35. The highest BCUT2D eigenvalue weighted by molar-refractivity contribution is 5.89. The van der Waals surface area contributed by atoms with Gasteiger partial charge in [0.2, 0.25) is 0 Å². The first-order valence-electron chi connectivity index (χ1n) is 8.54. The molecule has 0 bridgehead atoms. The molecule has 138 valence electrons. The molecule has 2 heterocycles. The van der Waals surface area contributed by atoms with Crippen molar-refractivity contribution in [1.82, 2.24) is 10.3 Å². The lowest BCUT2D eigenvalue weighted by molar-refractivity contribution is -0.142. The van der Waals surface area contributed by atoms with Gasteiger partial charge in [0.05, 0.1) is 0 Å². The van der Waals surface area contributed by atoms with Gasteiger partial charge >= 0.3 is 5.97 Å². The third-order valence-electron chi connectivity index (χ3n) is 4.70. The maximum absolute atomic E-state index is 13.3. The summed E-state index contributed by atoms with van der Waals surface area (Å²) in [5.74, 6) is -1.62. The molecule has 6 nitrogen and oxygen atoms in total. The average Bonchev–Trinajstić information content (AvgIpc) is 3.25. The number of carbonyl (C=O) groups excluding carboxylic acids is 1. The Hall–Kier alpha value is -3.35. The number of carboxylic acids is 1. The lowest BCUT2D eigenvalue weighted by atomic mass is 10.0. The number of hydrogen-bond acceptors (Lipinski definition) is 3. The second kappa shape index (κ2) is 6.75. The van der Waals surface area contributed by atoms with Crippen molar-refractivity contribution in [2.24, 2.45) is 0 Å². The minimum atomic E-state index is -1.13. The zero-order valence-electron chi connectivity index (χ0n) is 14.2. The Balaban J connectivity index is 1.47. The van der Waals surface area contributed by atoms with E-state index in [9.17, 15) is 19.1 Å². The number of para-hydroxylation sites is 1. The first-order chi connectivity index (χ1) is 13.0. The van der Waals surface area contributed by atoms with E-state index in [1.54, 1.807) is 6.20 Å². The van der Waals surface area contributed by atoms with E-state index in [0.717, 1.165) is 16.5 Å². The molecule has 0 fully saturated rings. The smallest absolute Gasteiger partial charge is 0.326 e. The van der Waals surface area contributed by atoms with Gasteiger partial charge in [0, 0.05) is 35.5 Å². The first kappa shape index (κ1) is 17.1. The van der Waals surface area contributed by atoms with Gasteiger partial charge in [0.15, 0.2) is 6.10 Å². The van der Waals surface area contributed by atoms with E-state index in [0.29, 0.717) is 11.3 Å². The molecular weight excluding hydrogens is 351 g/mol. The van der Waals surface area contributed by atoms with Gasteiger partial charge in [-0.15, -0.1) is 0 Å². The van der Waals surface area contributed by atoms with E-state index in [4.69, 9.17) is 4.74 Å². The molecule has 3 aromatic rings. The van der Waals surface area contributed by atoms with Crippen LogP contribution >= 0.6 is 0 Å². The number of aliphatic carboxylic acids is 1. The third kappa shape index (κ3) is 3.36. The molecule has 1 amide bonds. The molecular formula is C20H17FN2O4. The quantitative estimate of drug-likeness (QED) is 0.645. The number of halogens is 1. The summed E-state index contributed by atoms with van der Waals surface area (Å²) in [6.45, 7) is 0. The molecule has 2 atom stereocenters. The van der Waals surface area contributed by atoms with Gasteiger partial charge < -0.3 is 20.1 Å². The van der Waals surface area contributed by atoms with E-state index >= 15 is 0 Å². The number of benzene rings is 2. The highest BCUT2D eigenvalue weighted by Crippen LogP contribution is 2.29. The van der Waals surface area contributed by atoms with Crippen LogP contribution in [0.15, 0.2) is 48.7 Å². The van der Waals surface area contributed by atoms with Crippen molar-refractivity contribution < 1.29 is 23.8 Å². The minimum absolute atomic E-state index is 0.138. The van der Waals surface area contributed by atoms with E-state index in [-0.39, 0.29) is 12.8 Å². The standard InChI is InChI=1S/C20H17FN2O4/c21-13-5-6-17-11(7-13)9-18(27-17)19(24)23-16(20(25)26)8-12-10-22-15-4-2-1-3-14(12)15/h1-7,10,16,18,22H,8-9H2,(H,23,24)(H,25,26)/t16-,18-/m0/s1. The lowest BCUT2D eigenvalue weighted by Gasteiger charge is -2.17. The number of carboxylic acid groups (broad SMARTS) is 1. The molecule has 2 aromatic carbocycles. The zero-order chi connectivity index (χ0) is 19.0. The number of amides is 1. The topological polar surface area (TPSA) is 91.4 Å². The molecule has 4 rings (SSSR count). The lowest BCUT2D eigenvalue weighted by Crippen LogP contribution is -2.47. The van der Waals surface area contributed by atoms with E-state index in [2.05, 4.69) is 10.3 Å². The molecule has 0 unspecified atom stereocenters. The highest BCUT2D eigenvalue weighted by atomic mass is 19.1. The number of rotatable bonds is 5. The van der Waals surface area contributed by atoms with Gasteiger partial charge in [0.25, 0.3) is 5.91 Å². The number of H-pyrrole nitrogens is 1. The van der Waals surface area contributed by atoms with Gasteiger partial charge in [-0.2, -0.15) is 0 Å². The zero-order valence-corrected chi connectivity index (χ0v) is 14.2. The molecule has 1 aromatic heterocycles. The summed E-state index contributed by atoms with van der Waals surface area (Å²) in [4.78, 5) is 27.3. The summed E-state index contributed by atoms with van der Waals surface area (Å²) in [6, 6.07) is 10.5. The van der Waals surface area contributed by atoms with Gasteiger partial charge in [-0.3, -0.25) is 4.79 Å². The Morgan fingerprint density at radius 1 is 1.30 bits per heavy atom. The summed E-state index contributed by atoms with van der Waals surface area (Å²) in [7, 11) is 0. The molecule has 0 radical (unpaired) electrons. The summed E-state index contributed by atoms with van der Waals surface area (Å²) in [5.41, 5.74) is 2.30. The molecule has 7 heteroatoms. The van der Waals surface area contributed by atoms with Crippen molar-refractivity contribution in [2.45, 2.75) is 25.0 Å². The van der Waals surface area contributed by atoms with Crippen LogP contribution in [0.2, 0.25) is 0 Å². The van der Waals surface area contributed by atoms with Crippen LogP contribution in [0.25, 0.3) is 10.9 Å². The van der Waals surface area contributed by atoms with Gasteiger partial charge in [-0.25, -0.2) is 9.18 Å². The molecule has 0 saturated heterocycles. The van der Waals surface area contributed by atoms with Crippen LogP contribution in [-0.2, 0) is 22.4 Å². The maximum Gasteiger partial charge on any atom is 0.326 e. The van der Waals surface area contributed by atoms with Gasteiger partial charge in [-0.1, -0.05) is 18.2 Å². The fraction of sp³-hybridized carbons (Fsp3) is 0.200. The summed E-state index contributed by atoms with van der Waals surface area (Å²) in [5, 5.41) is 13.0. The first-order valence-corrected chi connectivity index (χ1v) is 8.54. The Kier molecular flexibility index (Phi) is 4.27. The number of aromatic nitrogens is 1. The Bertz CT molecular complexity index is 1030. The van der Waals surface area contributed by atoms with Crippen molar-refractivity contribution in [3.63, 3.8) is 0 Å². The monoisotopic (exact) mass is 368 g/mol. The number of carbonyl (C=O) groups is 2. The van der Waals surface area contributed by atoms with Crippen molar-refractivity contribution >= 4 is 22.8 Å². The molecule has 1 aliphatic rings. The van der Waals surface area contributed by atoms with Crippen LogP contribution in [0.3, 0.4) is 0 Å². The molecule has 0 spiro atoms. The fourth-order valence-electron chi connectivity index (χ4n) is 3.35. The van der Waals surface area contributed by atoms with Crippen LogP contribution in [0.5, 0.6) is 5.75 Å². The molecule has 27 heavy (non-hydrogen) atoms. The highest BCUT2D eigenvalue weighted by Gasteiger charge is 2.32. The van der Waals surface area contributed by atoms with Crippen molar-refractivity contribution in [1.29, 1.82) is 0 Å². The minimum Gasteiger partial charge on any atom is -0.480 e. The summed E-state index contributed by atoms with van der Waals surface area (Å²) in [6.07, 6.45) is 1.22. The van der Waals surface area contributed by atoms with Crippen molar-refractivity contribution in [2.75, 3.05) is 0 Å². The second-order valence-corrected chi connectivity index (χ2v) is 6.53. The Labute approximate surface area is 154 Å². The summed E-state index contributed by atoms with van der Waals surface area (Å²) >= 11 is 0. The van der Waals surface area contributed by atoms with Crippen LogP contribution in [0.1, 0.15) is 11.1 Å². The van der Waals surface area contributed by atoms with Crippen LogP contribution in [-0.4, -0.2) is 34.1 Å². The number of aromatic amines is 1. The van der Waals surface area contributed by atoms with Gasteiger partial charge in [-0.05, 0) is 29.8 Å². The largest absolute Gasteiger partial charge is 0.480 e. The van der Waals surface area contributed by atoms with Crippen molar-refractivity contribution in [3.05, 3.63) is 65.6 Å². The number of ether oxygens (including phenoxy) is 1. The van der Waals surface area contributed by atoms with Gasteiger partial charge in [0.1, 0.15) is 17.6 Å².